The summed E-state index contributed by atoms with van der Waals surface area (Å²) in [6, 6.07) is 10.2. The van der Waals surface area contributed by atoms with Crippen LogP contribution >= 0.6 is 0 Å². The summed E-state index contributed by atoms with van der Waals surface area (Å²) in [4.78, 5) is 28.5. The van der Waals surface area contributed by atoms with Crippen LogP contribution in [0.25, 0.3) is 0 Å². The van der Waals surface area contributed by atoms with E-state index in [1.54, 1.807) is 43.5 Å². The molecule has 0 unspecified atom stereocenters. The molecule has 2 aromatic rings. The Morgan fingerprint density at radius 3 is 2.63 bits per heavy atom. The average molecular weight is 431 g/mol. The van der Waals surface area contributed by atoms with Crippen molar-refractivity contribution >= 4 is 21.8 Å². The van der Waals surface area contributed by atoms with Crippen LogP contribution < -0.4 is 10.6 Å². The first-order valence-electron chi connectivity index (χ1n) is 9.84. The predicted octanol–water partition coefficient (Wildman–Crippen LogP) is 1.28. The highest BCUT2D eigenvalue weighted by molar-refractivity contribution is 7.89. The van der Waals surface area contributed by atoms with Gasteiger partial charge in [-0.3, -0.25) is 14.6 Å². The monoisotopic (exact) mass is 430 g/mol. The number of aromatic nitrogens is 1. The highest BCUT2D eigenvalue weighted by Crippen LogP contribution is 2.28. The van der Waals surface area contributed by atoms with E-state index >= 15 is 0 Å². The third-order valence-corrected chi connectivity index (χ3v) is 7.21. The molecule has 1 aromatic heterocycles. The molecule has 2 heterocycles. The van der Waals surface area contributed by atoms with Crippen LogP contribution in [-0.2, 0) is 26.2 Å². The van der Waals surface area contributed by atoms with Crippen molar-refractivity contribution in [3.8, 4) is 0 Å². The number of hydrogen-bond acceptors (Lipinski definition) is 5. The molecule has 8 nitrogen and oxygen atoms in total. The lowest BCUT2D eigenvalue weighted by Crippen LogP contribution is -2.47. The second-order valence-corrected chi connectivity index (χ2v) is 9.25. The van der Waals surface area contributed by atoms with Crippen molar-refractivity contribution < 1.29 is 18.0 Å². The SMILES string of the molecule is Cc1ccc(C)c(S(=O)(=O)N2CCC[C@H]2CNC(=O)C(=O)NCc2ccccn2)c1. The quantitative estimate of drug-likeness (QED) is 0.671. The third-order valence-electron chi connectivity index (χ3n) is 5.11. The molecule has 0 spiro atoms. The number of carbonyl (C=O) groups excluding carboxylic acids is 2. The van der Waals surface area contributed by atoms with Gasteiger partial charge >= 0.3 is 11.8 Å². The Balaban J connectivity index is 1.60. The summed E-state index contributed by atoms with van der Waals surface area (Å²) in [5, 5.41) is 5.07. The summed E-state index contributed by atoms with van der Waals surface area (Å²) in [6.07, 6.45) is 2.93. The Morgan fingerprint density at radius 1 is 1.13 bits per heavy atom. The summed E-state index contributed by atoms with van der Waals surface area (Å²) in [6.45, 7) is 4.24. The molecule has 2 amide bonds. The fourth-order valence-electron chi connectivity index (χ4n) is 3.49. The normalized spacial score (nSPS) is 16.9. The Kier molecular flexibility index (Phi) is 6.84. The van der Waals surface area contributed by atoms with E-state index in [-0.39, 0.29) is 24.0 Å². The van der Waals surface area contributed by atoms with E-state index in [1.165, 1.54) is 4.31 Å². The second-order valence-electron chi connectivity index (χ2n) is 7.39. The van der Waals surface area contributed by atoms with Crippen molar-refractivity contribution in [3.63, 3.8) is 0 Å². The highest BCUT2D eigenvalue weighted by atomic mass is 32.2. The molecule has 0 radical (unpaired) electrons. The fourth-order valence-corrected chi connectivity index (χ4v) is 5.49. The standard InChI is InChI=1S/C21H26N4O4S/c1-15-8-9-16(2)19(12-15)30(28,29)25-11-5-7-18(25)14-24-21(27)20(26)23-13-17-6-3-4-10-22-17/h3-4,6,8-10,12,18H,5,7,11,13-14H2,1-2H3,(H,23,26)(H,24,27)/t18-/m0/s1. The predicted molar refractivity (Wildman–Crippen MR) is 112 cm³/mol. The van der Waals surface area contributed by atoms with Crippen LogP contribution in [0.4, 0.5) is 0 Å². The van der Waals surface area contributed by atoms with Crippen LogP contribution in [0, 0.1) is 13.8 Å². The third kappa shape index (κ3) is 5.03. The van der Waals surface area contributed by atoms with Crippen molar-refractivity contribution in [1.29, 1.82) is 0 Å². The van der Waals surface area contributed by atoms with Gasteiger partial charge < -0.3 is 10.6 Å². The minimum atomic E-state index is -3.68. The maximum Gasteiger partial charge on any atom is 0.309 e. The number of nitrogens with zero attached hydrogens (tertiary/aromatic N) is 2. The van der Waals surface area contributed by atoms with Gasteiger partial charge in [-0.05, 0) is 56.0 Å². The zero-order valence-corrected chi connectivity index (χ0v) is 17.9. The Hall–Kier alpha value is -2.78. The molecule has 0 aliphatic carbocycles. The number of nitrogens with one attached hydrogen (secondary N) is 2. The van der Waals surface area contributed by atoms with Crippen molar-refractivity contribution in [3.05, 3.63) is 59.4 Å². The Labute approximate surface area is 176 Å². The molecule has 3 rings (SSSR count). The zero-order chi connectivity index (χ0) is 21.7. The van der Waals surface area contributed by atoms with Gasteiger partial charge in [-0.15, -0.1) is 0 Å². The van der Waals surface area contributed by atoms with Crippen LogP contribution in [0.3, 0.4) is 0 Å². The maximum atomic E-state index is 13.2. The summed E-state index contributed by atoms with van der Waals surface area (Å²) >= 11 is 0. The summed E-state index contributed by atoms with van der Waals surface area (Å²) in [5.74, 6) is -1.57. The first-order valence-corrected chi connectivity index (χ1v) is 11.3. The van der Waals surface area contributed by atoms with E-state index in [4.69, 9.17) is 0 Å². The lowest BCUT2D eigenvalue weighted by atomic mass is 10.2. The molecule has 1 aliphatic rings. The number of amides is 2. The van der Waals surface area contributed by atoms with E-state index in [9.17, 15) is 18.0 Å². The number of sulfonamides is 1. The molecule has 160 valence electrons. The topological polar surface area (TPSA) is 108 Å². The molecule has 1 fully saturated rings. The summed E-state index contributed by atoms with van der Waals surface area (Å²) in [5.41, 5.74) is 2.19. The van der Waals surface area contributed by atoms with Crippen molar-refractivity contribution in [2.24, 2.45) is 0 Å². The van der Waals surface area contributed by atoms with Gasteiger partial charge in [-0.2, -0.15) is 4.31 Å². The maximum absolute atomic E-state index is 13.2. The molecule has 1 saturated heterocycles. The fraction of sp³-hybridized carbons (Fsp3) is 0.381. The van der Waals surface area contributed by atoms with Gasteiger partial charge in [0.25, 0.3) is 0 Å². The van der Waals surface area contributed by atoms with Gasteiger partial charge in [-0.1, -0.05) is 18.2 Å². The van der Waals surface area contributed by atoms with Crippen LogP contribution in [0.15, 0.2) is 47.5 Å². The van der Waals surface area contributed by atoms with Gasteiger partial charge in [0.15, 0.2) is 0 Å². The van der Waals surface area contributed by atoms with E-state index in [0.717, 1.165) is 5.56 Å². The molecule has 1 aliphatic heterocycles. The molecule has 1 atom stereocenters. The van der Waals surface area contributed by atoms with Gasteiger partial charge in [0.2, 0.25) is 10.0 Å². The van der Waals surface area contributed by atoms with Crippen LogP contribution in [0.1, 0.15) is 29.7 Å². The van der Waals surface area contributed by atoms with Gasteiger partial charge in [0.05, 0.1) is 17.1 Å². The molecular formula is C21H26N4O4S. The highest BCUT2D eigenvalue weighted by Gasteiger charge is 2.36. The van der Waals surface area contributed by atoms with Crippen molar-refractivity contribution in [2.75, 3.05) is 13.1 Å². The molecule has 0 saturated carbocycles. The van der Waals surface area contributed by atoms with E-state index in [1.807, 2.05) is 13.0 Å². The smallest absolute Gasteiger partial charge is 0.309 e. The lowest BCUT2D eigenvalue weighted by molar-refractivity contribution is -0.139. The van der Waals surface area contributed by atoms with Gasteiger partial charge in [0.1, 0.15) is 0 Å². The molecule has 1 aromatic carbocycles. The molecular weight excluding hydrogens is 404 g/mol. The van der Waals surface area contributed by atoms with Crippen LogP contribution in [0.2, 0.25) is 0 Å². The Morgan fingerprint density at radius 2 is 1.90 bits per heavy atom. The first-order chi connectivity index (χ1) is 14.3. The lowest BCUT2D eigenvalue weighted by Gasteiger charge is -2.25. The first kappa shape index (κ1) is 21.9. The molecule has 0 bridgehead atoms. The summed E-state index contributed by atoms with van der Waals surface area (Å²) in [7, 11) is -3.68. The van der Waals surface area contributed by atoms with E-state index in [2.05, 4.69) is 15.6 Å². The average Bonchev–Trinajstić information content (AvgIpc) is 3.22. The number of benzene rings is 1. The van der Waals surface area contributed by atoms with Crippen LogP contribution in [-0.4, -0.2) is 48.7 Å². The molecule has 9 heteroatoms. The number of pyridine rings is 1. The second kappa shape index (κ2) is 9.36. The number of hydrogen-bond donors (Lipinski definition) is 2. The molecule has 2 N–H and O–H groups in total. The van der Waals surface area contributed by atoms with E-state index < -0.39 is 21.8 Å². The Bertz CT molecular complexity index is 1020. The van der Waals surface area contributed by atoms with Crippen LogP contribution in [0.5, 0.6) is 0 Å². The van der Waals surface area contributed by atoms with Crippen molar-refractivity contribution in [2.45, 2.75) is 44.2 Å². The molecule has 30 heavy (non-hydrogen) atoms. The van der Waals surface area contributed by atoms with E-state index in [0.29, 0.717) is 30.6 Å². The minimum absolute atomic E-state index is 0.0833. The largest absolute Gasteiger partial charge is 0.346 e. The van der Waals surface area contributed by atoms with Gasteiger partial charge in [-0.25, -0.2) is 8.42 Å². The van der Waals surface area contributed by atoms with Crippen molar-refractivity contribution in [1.82, 2.24) is 19.9 Å². The number of carbonyl (C=O) groups is 2. The van der Waals surface area contributed by atoms with Gasteiger partial charge in [0, 0.05) is 25.3 Å². The number of aryl methyl sites for hydroxylation is 2. The number of rotatable bonds is 6. The minimum Gasteiger partial charge on any atom is -0.346 e. The zero-order valence-electron chi connectivity index (χ0n) is 17.1. The summed E-state index contributed by atoms with van der Waals surface area (Å²) < 4.78 is 27.8.